The van der Waals surface area contributed by atoms with Gasteiger partial charge in [-0.15, -0.1) is 10.2 Å². The van der Waals surface area contributed by atoms with Crippen LogP contribution in [0.2, 0.25) is 5.02 Å². The lowest BCUT2D eigenvalue weighted by Crippen LogP contribution is -2.31. The molecule has 3 nitrogen and oxygen atoms in total. The molecule has 8 heteroatoms. The Morgan fingerprint density at radius 3 is 2.33 bits per heavy atom. The predicted molar refractivity (Wildman–Crippen MR) is 49.5 cm³/mol. The fraction of sp³-hybridized carbons (Fsp3) is 0.286. The smallest absolute Gasteiger partial charge is 0.253 e. The Kier molecular flexibility index (Phi) is 2.27. The zero-order chi connectivity index (χ0) is 11.3. The summed E-state index contributed by atoms with van der Waals surface area (Å²) in [5.41, 5.74) is -2.94. The Balaban J connectivity index is 2.47. The second kappa shape index (κ2) is 3.15. The van der Waals surface area contributed by atoms with E-state index in [0.29, 0.717) is 4.47 Å². The van der Waals surface area contributed by atoms with Gasteiger partial charge >= 0.3 is 11.8 Å². The highest BCUT2D eigenvalue weighted by Gasteiger charge is 2.67. The Morgan fingerprint density at radius 1 is 1.33 bits per heavy atom. The van der Waals surface area contributed by atoms with Crippen LogP contribution in [0, 0.1) is 0 Å². The van der Waals surface area contributed by atoms with Gasteiger partial charge in [0.15, 0.2) is 0 Å². The van der Waals surface area contributed by atoms with E-state index in [-0.39, 0.29) is 10.7 Å². The number of pyridine rings is 1. The molecule has 0 aromatic carbocycles. The van der Waals surface area contributed by atoms with Crippen molar-refractivity contribution in [1.82, 2.24) is 4.98 Å². The molecule has 2 heterocycles. The minimum atomic E-state index is -4.60. The number of nitrogens with zero attached hydrogens (tertiary/aromatic N) is 3. The van der Waals surface area contributed by atoms with E-state index in [1.165, 1.54) is 12.3 Å². The van der Waals surface area contributed by atoms with Gasteiger partial charge < -0.3 is 0 Å². The maximum absolute atomic E-state index is 12.6. The Bertz CT molecular complexity index is 440. The molecule has 2 rings (SSSR count). The van der Waals surface area contributed by atoms with Crippen LogP contribution >= 0.6 is 27.5 Å². The van der Waals surface area contributed by atoms with E-state index in [1.54, 1.807) is 0 Å². The molecular weight excluding hydrogens is 298 g/mol. The SMILES string of the molecule is FC(F)(F)C1(c2ncc(Br)cc2Cl)N=N1. The van der Waals surface area contributed by atoms with Gasteiger partial charge in [0.1, 0.15) is 5.69 Å². The van der Waals surface area contributed by atoms with Crippen LogP contribution in [-0.4, -0.2) is 11.2 Å². The number of alkyl halides is 3. The molecule has 0 amide bonds. The van der Waals surface area contributed by atoms with Gasteiger partial charge in [-0.25, -0.2) is 0 Å². The number of hydrogen-bond donors (Lipinski definition) is 0. The molecule has 0 saturated carbocycles. The van der Waals surface area contributed by atoms with Gasteiger partial charge in [0.05, 0.1) is 5.02 Å². The van der Waals surface area contributed by atoms with Gasteiger partial charge in [-0.1, -0.05) is 11.6 Å². The average molecular weight is 300 g/mol. The molecule has 1 aliphatic rings. The third-order valence-electron chi connectivity index (χ3n) is 1.83. The van der Waals surface area contributed by atoms with Crippen molar-refractivity contribution in [3.8, 4) is 0 Å². The molecule has 15 heavy (non-hydrogen) atoms. The highest BCUT2D eigenvalue weighted by molar-refractivity contribution is 9.10. The zero-order valence-electron chi connectivity index (χ0n) is 6.89. The summed E-state index contributed by atoms with van der Waals surface area (Å²) in [6.07, 6.45) is -3.38. The summed E-state index contributed by atoms with van der Waals surface area (Å²) in [6.45, 7) is 0. The highest BCUT2D eigenvalue weighted by Crippen LogP contribution is 2.53. The van der Waals surface area contributed by atoms with Crippen LogP contribution in [0.15, 0.2) is 27.0 Å². The maximum Gasteiger partial charge on any atom is 0.443 e. The van der Waals surface area contributed by atoms with Crippen LogP contribution < -0.4 is 0 Å². The van der Waals surface area contributed by atoms with Crippen LogP contribution in [0.4, 0.5) is 13.2 Å². The third-order valence-corrected chi connectivity index (χ3v) is 2.56. The molecule has 0 N–H and O–H groups in total. The molecule has 80 valence electrons. The molecule has 0 bridgehead atoms. The molecule has 0 saturated heterocycles. The van der Waals surface area contributed by atoms with E-state index in [1.807, 2.05) is 0 Å². The standard InChI is InChI=1S/C7H2BrClF3N3/c8-3-1-4(9)5(13-2-3)6(14-15-6)7(10,11)12/h1-2H. The lowest BCUT2D eigenvalue weighted by Gasteiger charge is -2.14. The summed E-state index contributed by atoms with van der Waals surface area (Å²) in [4.78, 5) is 3.59. The van der Waals surface area contributed by atoms with Crippen LogP contribution in [0.5, 0.6) is 0 Å². The molecule has 1 aliphatic heterocycles. The Hall–Kier alpha value is -0.690. The first kappa shape index (κ1) is 10.8. The molecule has 0 spiro atoms. The molecular formula is C7H2BrClF3N3. The Labute approximate surface area is 95.5 Å². The Morgan fingerprint density at radius 2 is 1.93 bits per heavy atom. The van der Waals surface area contributed by atoms with E-state index in [2.05, 4.69) is 31.1 Å². The fourth-order valence-corrected chi connectivity index (χ4v) is 1.82. The average Bonchev–Trinajstić information content (AvgIpc) is 2.83. The van der Waals surface area contributed by atoms with Crippen molar-refractivity contribution in [3.63, 3.8) is 0 Å². The second-order valence-electron chi connectivity index (χ2n) is 2.85. The van der Waals surface area contributed by atoms with E-state index < -0.39 is 11.8 Å². The van der Waals surface area contributed by atoms with E-state index in [0.717, 1.165) is 0 Å². The molecule has 0 aliphatic carbocycles. The lowest BCUT2D eigenvalue weighted by molar-refractivity contribution is -0.167. The largest absolute Gasteiger partial charge is 0.443 e. The molecule has 0 unspecified atom stereocenters. The highest BCUT2D eigenvalue weighted by atomic mass is 79.9. The monoisotopic (exact) mass is 299 g/mol. The quantitative estimate of drug-likeness (QED) is 0.779. The van der Waals surface area contributed by atoms with Crippen molar-refractivity contribution in [2.24, 2.45) is 10.2 Å². The van der Waals surface area contributed by atoms with Crippen molar-refractivity contribution in [3.05, 3.63) is 27.5 Å². The number of rotatable bonds is 1. The van der Waals surface area contributed by atoms with Crippen LogP contribution in [-0.2, 0) is 5.66 Å². The van der Waals surface area contributed by atoms with Gasteiger partial charge in [-0.2, -0.15) is 13.2 Å². The lowest BCUT2D eigenvalue weighted by atomic mass is 10.1. The predicted octanol–water partition coefficient (Wildman–Crippen LogP) is 3.68. The van der Waals surface area contributed by atoms with Crippen molar-refractivity contribution in [2.75, 3.05) is 0 Å². The fourth-order valence-electron chi connectivity index (χ4n) is 1.06. The summed E-state index contributed by atoms with van der Waals surface area (Å²) in [7, 11) is 0. The summed E-state index contributed by atoms with van der Waals surface area (Å²) in [6, 6.07) is 1.32. The normalized spacial score (nSPS) is 17.9. The number of aromatic nitrogens is 1. The van der Waals surface area contributed by atoms with Crippen molar-refractivity contribution in [1.29, 1.82) is 0 Å². The third kappa shape index (κ3) is 1.63. The molecule has 0 radical (unpaired) electrons. The van der Waals surface area contributed by atoms with Crippen LogP contribution in [0.25, 0.3) is 0 Å². The van der Waals surface area contributed by atoms with Gasteiger partial charge in [0.25, 0.3) is 0 Å². The van der Waals surface area contributed by atoms with Gasteiger partial charge in [0, 0.05) is 10.7 Å². The first-order valence-corrected chi connectivity index (χ1v) is 4.86. The molecule has 0 atom stereocenters. The number of halogens is 5. The van der Waals surface area contributed by atoms with Gasteiger partial charge in [-0.05, 0) is 22.0 Å². The first-order valence-electron chi connectivity index (χ1n) is 3.69. The zero-order valence-corrected chi connectivity index (χ0v) is 9.23. The van der Waals surface area contributed by atoms with E-state index >= 15 is 0 Å². The van der Waals surface area contributed by atoms with Crippen LogP contribution in [0.1, 0.15) is 5.69 Å². The minimum absolute atomic E-state index is 0.119. The van der Waals surface area contributed by atoms with Crippen molar-refractivity contribution in [2.45, 2.75) is 11.8 Å². The van der Waals surface area contributed by atoms with Crippen LogP contribution in [0.3, 0.4) is 0 Å². The van der Waals surface area contributed by atoms with Gasteiger partial charge in [0.2, 0.25) is 0 Å². The van der Waals surface area contributed by atoms with Gasteiger partial charge in [-0.3, -0.25) is 4.98 Å². The molecule has 1 aromatic rings. The van der Waals surface area contributed by atoms with E-state index in [4.69, 9.17) is 11.6 Å². The van der Waals surface area contributed by atoms with Crippen molar-refractivity contribution < 1.29 is 13.2 Å². The topological polar surface area (TPSA) is 37.6 Å². The summed E-state index contributed by atoms with van der Waals surface area (Å²) >= 11 is 8.69. The minimum Gasteiger partial charge on any atom is -0.253 e. The molecule has 0 fully saturated rings. The van der Waals surface area contributed by atoms with E-state index in [9.17, 15) is 13.2 Å². The first-order chi connectivity index (χ1) is 6.87. The summed E-state index contributed by atoms with van der Waals surface area (Å²) in [5.74, 6) is 0. The number of hydrogen-bond acceptors (Lipinski definition) is 3. The molecule has 1 aromatic heterocycles. The summed E-state index contributed by atoms with van der Waals surface area (Å²) < 4.78 is 38.2. The second-order valence-corrected chi connectivity index (χ2v) is 4.18. The van der Waals surface area contributed by atoms with Crippen molar-refractivity contribution >= 4 is 27.5 Å². The maximum atomic E-state index is 12.6. The summed E-state index contributed by atoms with van der Waals surface area (Å²) in [5, 5.41) is 5.89.